The lowest BCUT2D eigenvalue weighted by molar-refractivity contribution is 0.0608. The van der Waals surface area contributed by atoms with Crippen LogP contribution in [0.3, 0.4) is 0 Å². The van der Waals surface area contributed by atoms with E-state index < -0.39 is 0 Å². The normalized spacial score (nSPS) is 30.0. The molecule has 2 fully saturated rings. The highest BCUT2D eigenvalue weighted by atomic mass is 16.5. The van der Waals surface area contributed by atoms with E-state index in [1.165, 1.54) is 25.6 Å². The van der Waals surface area contributed by atoms with Gasteiger partial charge in [-0.3, -0.25) is 0 Å². The first-order chi connectivity index (χ1) is 9.69. The molecule has 2 bridgehead atoms. The molecular formula is C14H23N5O. The van der Waals surface area contributed by atoms with Crippen LogP contribution in [0.2, 0.25) is 0 Å². The van der Waals surface area contributed by atoms with Gasteiger partial charge in [0.25, 0.3) is 0 Å². The maximum Gasteiger partial charge on any atom is 0.242 e. The molecule has 110 valence electrons. The van der Waals surface area contributed by atoms with Gasteiger partial charge in [-0.05, 0) is 32.7 Å². The fourth-order valence-corrected chi connectivity index (χ4v) is 3.58. The molecule has 0 aromatic carbocycles. The van der Waals surface area contributed by atoms with Gasteiger partial charge >= 0.3 is 0 Å². The van der Waals surface area contributed by atoms with Crippen molar-refractivity contribution in [3.63, 3.8) is 0 Å². The average molecular weight is 277 g/mol. The molecule has 2 saturated heterocycles. The van der Waals surface area contributed by atoms with Crippen LogP contribution in [0.5, 0.6) is 5.88 Å². The summed E-state index contributed by atoms with van der Waals surface area (Å²) in [6.07, 6.45) is 7.75. The second-order valence-corrected chi connectivity index (χ2v) is 5.86. The summed E-state index contributed by atoms with van der Waals surface area (Å²) < 4.78 is 5.14. The van der Waals surface area contributed by atoms with E-state index in [4.69, 9.17) is 10.5 Å². The number of ether oxygens (including phenoxy) is 1. The molecule has 0 spiro atoms. The van der Waals surface area contributed by atoms with Crippen LogP contribution in [0.1, 0.15) is 32.1 Å². The lowest BCUT2D eigenvalue weighted by Gasteiger charge is -2.47. The summed E-state index contributed by atoms with van der Waals surface area (Å²) in [5.41, 5.74) is 6.53. The van der Waals surface area contributed by atoms with Gasteiger partial charge in [-0.2, -0.15) is 4.98 Å². The van der Waals surface area contributed by atoms with E-state index in [-0.39, 0.29) is 0 Å². The summed E-state index contributed by atoms with van der Waals surface area (Å²) in [5.74, 6) is 1.14. The van der Waals surface area contributed by atoms with Crippen molar-refractivity contribution in [3.8, 4) is 5.88 Å². The van der Waals surface area contributed by atoms with Gasteiger partial charge in [0.2, 0.25) is 5.88 Å². The number of nitrogens with zero attached hydrogens (tertiary/aromatic N) is 3. The first kappa shape index (κ1) is 13.4. The zero-order valence-electron chi connectivity index (χ0n) is 12.2. The van der Waals surface area contributed by atoms with Gasteiger partial charge in [-0.25, -0.2) is 4.98 Å². The topological polar surface area (TPSA) is 76.3 Å². The SMILES string of the molecule is COc1ncnc(NC2CC3CCCC(C2)N3C)c1N. The summed E-state index contributed by atoms with van der Waals surface area (Å²) in [5, 5.41) is 3.49. The van der Waals surface area contributed by atoms with Crippen molar-refractivity contribution in [2.75, 3.05) is 25.2 Å². The minimum absolute atomic E-state index is 0.434. The summed E-state index contributed by atoms with van der Waals surface area (Å²) in [7, 11) is 3.83. The molecular weight excluding hydrogens is 254 g/mol. The summed E-state index contributed by atoms with van der Waals surface area (Å²) in [6.45, 7) is 0. The average Bonchev–Trinajstić information content (AvgIpc) is 2.42. The van der Waals surface area contributed by atoms with Crippen molar-refractivity contribution >= 4 is 11.5 Å². The number of nitrogens with one attached hydrogen (secondary N) is 1. The molecule has 1 aromatic heterocycles. The molecule has 3 heterocycles. The second kappa shape index (κ2) is 5.44. The highest BCUT2D eigenvalue weighted by molar-refractivity contribution is 5.66. The Morgan fingerprint density at radius 3 is 2.65 bits per heavy atom. The Morgan fingerprint density at radius 2 is 2.00 bits per heavy atom. The van der Waals surface area contributed by atoms with Crippen molar-refractivity contribution in [1.82, 2.24) is 14.9 Å². The maximum atomic E-state index is 6.03. The van der Waals surface area contributed by atoms with Crippen LogP contribution in [-0.2, 0) is 0 Å². The monoisotopic (exact) mass is 277 g/mol. The molecule has 2 unspecified atom stereocenters. The van der Waals surface area contributed by atoms with Crippen LogP contribution in [0, 0.1) is 0 Å². The van der Waals surface area contributed by atoms with Crippen LogP contribution in [0.4, 0.5) is 11.5 Å². The predicted molar refractivity (Wildman–Crippen MR) is 78.8 cm³/mol. The van der Waals surface area contributed by atoms with E-state index in [1.807, 2.05) is 0 Å². The third-order valence-corrected chi connectivity index (χ3v) is 4.72. The maximum absolute atomic E-state index is 6.03. The Bertz CT molecular complexity index is 467. The Balaban J connectivity index is 1.73. The molecule has 0 amide bonds. The molecule has 6 nitrogen and oxygen atoms in total. The van der Waals surface area contributed by atoms with Crippen LogP contribution < -0.4 is 15.8 Å². The van der Waals surface area contributed by atoms with Gasteiger partial charge in [-0.1, -0.05) is 6.42 Å². The van der Waals surface area contributed by atoms with Gasteiger partial charge in [0.05, 0.1) is 7.11 Å². The Hall–Kier alpha value is -1.56. The number of nitrogens with two attached hydrogens (primary N) is 1. The molecule has 2 atom stereocenters. The Kier molecular flexibility index (Phi) is 3.65. The van der Waals surface area contributed by atoms with Gasteiger partial charge in [0, 0.05) is 18.1 Å². The first-order valence-electron chi connectivity index (χ1n) is 7.32. The molecule has 2 aliphatic heterocycles. The molecule has 1 aromatic rings. The fourth-order valence-electron chi connectivity index (χ4n) is 3.58. The summed E-state index contributed by atoms with van der Waals surface area (Å²) >= 11 is 0. The predicted octanol–water partition coefficient (Wildman–Crippen LogP) is 1.49. The zero-order chi connectivity index (χ0) is 14.1. The lowest BCUT2D eigenvalue weighted by Crippen LogP contribution is -2.52. The largest absolute Gasteiger partial charge is 0.479 e. The van der Waals surface area contributed by atoms with Gasteiger partial charge < -0.3 is 20.7 Å². The third kappa shape index (κ3) is 2.40. The molecule has 0 radical (unpaired) electrons. The van der Waals surface area contributed by atoms with E-state index in [0.29, 0.717) is 35.5 Å². The van der Waals surface area contributed by atoms with Crippen LogP contribution in [0.25, 0.3) is 0 Å². The van der Waals surface area contributed by atoms with Crippen LogP contribution >= 0.6 is 0 Å². The number of nitrogen functional groups attached to an aromatic ring is 1. The van der Waals surface area contributed by atoms with Crippen molar-refractivity contribution in [1.29, 1.82) is 0 Å². The van der Waals surface area contributed by atoms with Crippen molar-refractivity contribution in [3.05, 3.63) is 6.33 Å². The van der Waals surface area contributed by atoms with Gasteiger partial charge in [-0.15, -0.1) is 0 Å². The number of anilines is 2. The highest BCUT2D eigenvalue weighted by Gasteiger charge is 2.36. The van der Waals surface area contributed by atoms with Gasteiger partial charge in [0.1, 0.15) is 12.0 Å². The van der Waals surface area contributed by atoms with Crippen LogP contribution in [0.15, 0.2) is 6.33 Å². The third-order valence-electron chi connectivity index (χ3n) is 4.72. The van der Waals surface area contributed by atoms with Crippen LogP contribution in [-0.4, -0.2) is 47.2 Å². The van der Waals surface area contributed by atoms with Crippen molar-refractivity contribution < 1.29 is 4.74 Å². The van der Waals surface area contributed by atoms with E-state index in [2.05, 4.69) is 27.2 Å². The van der Waals surface area contributed by atoms with Gasteiger partial charge in [0.15, 0.2) is 5.82 Å². The number of methoxy groups -OCH3 is 1. The lowest BCUT2D eigenvalue weighted by atomic mass is 9.82. The number of fused-ring (bicyclic) bond motifs is 2. The number of hydrogen-bond acceptors (Lipinski definition) is 6. The molecule has 6 heteroatoms. The van der Waals surface area contributed by atoms with E-state index in [1.54, 1.807) is 7.11 Å². The van der Waals surface area contributed by atoms with Crippen molar-refractivity contribution in [2.24, 2.45) is 0 Å². The minimum Gasteiger partial charge on any atom is -0.479 e. The number of aromatic nitrogens is 2. The molecule has 0 aliphatic carbocycles. The Morgan fingerprint density at radius 1 is 1.30 bits per heavy atom. The number of hydrogen-bond donors (Lipinski definition) is 2. The molecule has 3 N–H and O–H groups in total. The minimum atomic E-state index is 0.434. The molecule has 20 heavy (non-hydrogen) atoms. The highest BCUT2D eigenvalue weighted by Crippen LogP contribution is 2.35. The molecule has 2 aliphatic rings. The standard InChI is InChI=1S/C14H23N5O/c1-19-10-4-3-5-11(19)7-9(6-10)18-13-12(15)14(20-2)17-8-16-13/h8-11H,3-7,15H2,1-2H3,(H,16,17,18). The fraction of sp³-hybridized carbons (Fsp3) is 0.714. The number of piperidine rings is 2. The van der Waals surface area contributed by atoms with E-state index in [0.717, 1.165) is 12.8 Å². The number of rotatable bonds is 3. The first-order valence-corrected chi connectivity index (χ1v) is 7.32. The Labute approximate surface area is 119 Å². The second-order valence-electron chi connectivity index (χ2n) is 5.86. The quantitative estimate of drug-likeness (QED) is 0.872. The smallest absolute Gasteiger partial charge is 0.242 e. The summed E-state index contributed by atoms with van der Waals surface area (Å²) in [4.78, 5) is 10.8. The van der Waals surface area contributed by atoms with E-state index in [9.17, 15) is 0 Å². The van der Waals surface area contributed by atoms with Crippen molar-refractivity contribution in [2.45, 2.75) is 50.2 Å². The zero-order valence-corrected chi connectivity index (χ0v) is 12.2. The molecule has 3 rings (SSSR count). The molecule has 0 saturated carbocycles. The van der Waals surface area contributed by atoms with E-state index >= 15 is 0 Å². The summed E-state index contributed by atoms with van der Waals surface area (Å²) in [6, 6.07) is 1.80.